The molecule has 0 saturated carbocycles. The maximum absolute atomic E-state index is 11.9. The molecule has 0 amide bonds. The van der Waals surface area contributed by atoms with Crippen LogP contribution in [0.2, 0.25) is 10.0 Å². The summed E-state index contributed by atoms with van der Waals surface area (Å²) in [4.78, 5) is 0.0565. The minimum Gasteiger partial charge on any atom is -0.377 e. The second-order valence-electron chi connectivity index (χ2n) is 3.40. The Morgan fingerprint density at radius 3 is 2.22 bits per heavy atom. The first-order chi connectivity index (χ1) is 8.50. The molecule has 0 fully saturated rings. The zero-order valence-electron chi connectivity index (χ0n) is 9.01. The van der Waals surface area contributed by atoms with Gasteiger partial charge in [0.1, 0.15) is 9.92 Å². The van der Waals surface area contributed by atoms with E-state index >= 15 is 0 Å². The van der Waals surface area contributed by atoms with Gasteiger partial charge in [0.15, 0.2) is 5.75 Å². The van der Waals surface area contributed by atoms with Crippen LogP contribution in [0, 0.1) is 0 Å². The molecule has 2 aromatic carbocycles. The van der Waals surface area contributed by atoms with Gasteiger partial charge in [-0.3, -0.25) is 0 Å². The number of benzene rings is 2. The molecule has 6 heteroatoms. The zero-order valence-corrected chi connectivity index (χ0v) is 11.3. The lowest BCUT2D eigenvalue weighted by Gasteiger charge is -2.08. The van der Waals surface area contributed by atoms with E-state index in [1.807, 2.05) is 0 Å². The highest BCUT2D eigenvalue weighted by molar-refractivity contribution is 7.87. The molecule has 0 aliphatic rings. The minimum atomic E-state index is -3.90. The Kier molecular flexibility index (Phi) is 3.80. The number of rotatable bonds is 3. The summed E-state index contributed by atoms with van der Waals surface area (Å²) >= 11 is 11.6. The highest BCUT2D eigenvalue weighted by Crippen LogP contribution is 2.33. The fourth-order valence-electron chi connectivity index (χ4n) is 1.30. The van der Waals surface area contributed by atoms with E-state index in [4.69, 9.17) is 27.4 Å². The predicted octanol–water partition coefficient (Wildman–Crippen LogP) is 3.76. The Morgan fingerprint density at radius 1 is 0.889 bits per heavy atom. The van der Waals surface area contributed by atoms with Crippen LogP contribution in [0.1, 0.15) is 0 Å². The smallest absolute Gasteiger partial charge is 0.339 e. The number of halogens is 2. The van der Waals surface area contributed by atoms with Crippen molar-refractivity contribution in [1.82, 2.24) is 0 Å². The van der Waals surface area contributed by atoms with Crippen LogP contribution in [-0.2, 0) is 10.1 Å². The van der Waals surface area contributed by atoms with Gasteiger partial charge in [0.05, 0.1) is 5.02 Å². The molecule has 0 spiro atoms. The third-order valence-electron chi connectivity index (χ3n) is 2.15. The van der Waals surface area contributed by atoms with Crippen molar-refractivity contribution in [3.8, 4) is 5.75 Å². The van der Waals surface area contributed by atoms with E-state index in [0.717, 1.165) is 0 Å². The maximum Gasteiger partial charge on any atom is 0.339 e. The van der Waals surface area contributed by atoms with E-state index in [2.05, 4.69) is 0 Å². The van der Waals surface area contributed by atoms with Crippen LogP contribution in [0.4, 0.5) is 0 Å². The van der Waals surface area contributed by atoms with Crippen LogP contribution >= 0.6 is 23.2 Å². The monoisotopic (exact) mass is 302 g/mol. The highest BCUT2D eigenvalue weighted by Gasteiger charge is 2.18. The van der Waals surface area contributed by atoms with Gasteiger partial charge in [-0.05, 0) is 24.3 Å². The molecule has 0 radical (unpaired) electrons. The van der Waals surface area contributed by atoms with Gasteiger partial charge in [0, 0.05) is 0 Å². The first-order valence-electron chi connectivity index (χ1n) is 4.94. The molecule has 0 aliphatic heterocycles. The topological polar surface area (TPSA) is 43.4 Å². The van der Waals surface area contributed by atoms with Gasteiger partial charge >= 0.3 is 10.1 Å². The van der Waals surface area contributed by atoms with Crippen LogP contribution in [-0.4, -0.2) is 8.42 Å². The van der Waals surface area contributed by atoms with E-state index in [1.165, 1.54) is 18.2 Å². The lowest BCUT2D eigenvalue weighted by molar-refractivity contribution is 0.486. The predicted molar refractivity (Wildman–Crippen MR) is 70.7 cm³/mol. The van der Waals surface area contributed by atoms with Crippen LogP contribution in [0.25, 0.3) is 0 Å². The summed E-state index contributed by atoms with van der Waals surface area (Å²) < 4.78 is 28.8. The van der Waals surface area contributed by atoms with E-state index in [0.29, 0.717) is 0 Å². The summed E-state index contributed by atoms with van der Waals surface area (Å²) in [5.41, 5.74) is 0. The van der Waals surface area contributed by atoms with Crippen molar-refractivity contribution in [3.63, 3.8) is 0 Å². The van der Waals surface area contributed by atoms with E-state index in [-0.39, 0.29) is 20.7 Å². The summed E-state index contributed by atoms with van der Waals surface area (Å²) in [7, 11) is -3.90. The van der Waals surface area contributed by atoms with Gasteiger partial charge < -0.3 is 4.18 Å². The van der Waals surface area contributed by atoms with E-state index < -0.39 is 10.1 Å². The lowest BCUT2D eigenvalue weighted by atomic mass is 10.3. The van der Waals surface area contributed by atoms with Crippen molar-refractivity contribution in [2.24, 2.45) is 0 Å². The lowest BCUT2D eigenvalue weighted by Crippen LogP contribution is -2.09. The Morgan fingerprint density at radius 2 is 1.56 bits per heavy atom. The van der Waals surface area contributed by atoms with Gasteiger partial charge in [-0.2, -0.15) is 8.42 Å². The standard InChI is InChI=1S/C12H8Cl2O3S/c13-10-7-4-8-11(12(10)14)17-18(15,16)9-5-2-1-3-6-9/h1-8H. The summed E-state index contributed by atoms with van der Waals surface area (Å²) in [6.07, 6.45) is 0. The number of hydrogen-bond donors (Lipinski definition) is 0. The van der Waals surface area contributed by atoms with Crippen LogP contribution in [0.3, 0.4) is 0 Å². The molecule has 94 valence electrons. The average molecular weight is 303 g/mol. The molecule has 0 aliphatic carbocycles. The summed E-state index contributed by atoms with van der Waals surface area (Å²) in [6, 6.07) is 12.4. The summed E-state index contributed by atoms with van der Waals surface area (Å²) in [5, 5.41) is 0.302. The normalized spacial score (nSPS) is 11.2. The van der Waals surface area contributed by atoms with Gasteiger partial charge in [-0.1, -0.05) is 47.5 Å². The van der Waals surface area contributed by atoms with Crippen molar-refractivity contribution in [2.45, 2.75) is 4.90 Å². The van der Waals surface area contributed by atoms with Gasteiger partial charge in [-0.15, -0.1) is 0 Å². The molecule has 0 N–H and O–H groups in total. The Hall–Kier alpha value is -1.23. The SMILES string of the molecule is O=S(=O)(Oc1cccc(Cl)c1Cl)c1ccccc1. The van der Waals surface area contributed by atoms with Crippen molar-refractivity contribution >= 4 is 33.3 Å². The molecule has 0 atom stereocenters. The molecule has 0 unspecified atom stereocenters. The molecule has 0 bridgehead atoms. The molecule has 3 nitrogen and oxygen atoms in total. The van der Waals surface area contributed by atoms with Crippen LogP contribution in [0.5, 0.6) is 5.75 Å². The second kappa shape index (κ2) is 5.18. The molecular weight excluding hydrogens is 295 g/mol. The molecule has 2 rings (SSSR count). The van der Waals surface area contributed by atoms with Crippen molar-refractivity contribution in [3.05, 3.63) is 58.6 Å². The Bertz CT molecular complexity index is 654. The Labute approximate surface area is 115 Å². The van der Waals surface area contributed by atoms with Crippen molar-refractivity contribution in [1.29, 1.82) is 0 Å². The maximum atomic E-state index is 11.9. The van der Waals surface area contributed by atoms with E-state index in [9.17, 15) is 8.42 Å². The second-order valence-corrected chi connectivity index (χ2v) is 5.73. The summed E-state index contributed by atoms with van der Waals surface area (Å²) in [5.74, 6) is 0.00743. The average Bonchev–Trinajstić information content (AvgIpc) is 2.36. The third kappa shape index (κ3) is 2.77. The Balaban J connectivity index is 2.37. The summed E-state index contributed by atoms with van der Waals surface area (Å²) in [6.45, 7) is 0. The molecule has 0 aromatic heterocycles. The van der Waals surface area contributed by atoms with Crippen molar-refractivity contribution in [2.75, 3.05) is 0 Å². The van der Waals surface area contributed by atoms with Crippen LogP contribution < -0.4 is 4.18 Å². The largest absolute Gasteiger partial charge is 0.377 e. The molecule has 2 aromatic rings. The first kappa shape index (κ1) is 13.2. The fraction of sp³-hybridized carbons (Fsp3) is 0. The van der Waals surface area contributed by atoms with Gasteiger partial charge in [-0.25, -0.2) is 0 Å². The fourth-order valence-corrected chi connectivity index (χ4v) is 2.64. The molecule has 0 heterocycles. The van der Waals surface area contributed by atoms with E-state index in [1.54, 1.807) is 30.3 Å². The van der Waals surface area contributed by atoms with Gasteiger partial charge in [0.25, 0.3) is 0 Å². The van der Waals surface area contributed by atoms with Gasteiger partial charge in [0.2, 0.25) is 0 Å². The zero-order chi connectivity index (χ0) is 13.2. The quantitative estimate of drug-likeness (QED) is 0.811. The molecule has 0 saturated heterocycles. The highest BCUT2D eigenvalue weighted by atomic mass is 35.5. The number of hydrogen-bond acceptors (Lipinski definition) is 3. The van der Waals surface area contributed by atoms with Crippen LogP contribution in [0.15, 0.2) is 53.4 Å². The minimum absolute atomic E-state index is 0.00743. The molecule has 18 heavy (non-hydrogen) atoms. The molecular formula is C12H8Cl2O3S. The first-order valence-corrected chi connectivity index (χ1v) is 7.11. The van der Waals surface area contributed by atoms with Crippen molar-refractivity contribution < 1.29 is 12.6 Å². The third-order valence-corrected chi connectivity index (χ3v) is 4.20.